The summed E-state index contributed by atoms with van der Waals surface area (Å²) in [5.41, 5.74) is 2.53. The summed E-state index contributed by atoms with van der Waals surface area (Å²) in [6.45, 7) is 2.89. The summed E-state index contributed by atoms with van der Waals surface area (Å²) < 4.78 is 5.78. The minimum absolute atomic E-state index is 0.242. The summed E-state index contributed by atoms with van der Waals surface area (Å²) in [5.74, 6) is 1.33. The van der Waals surface area contributed by atoms with Gasteiger partial charge in [0.1, 0.15) is 10.8 Å². The normalized spacial score (nSPS) is 17.1. The van der Waals surface area contributed by atoms with Crippen LogP contribution in [0.1, 0.15) is 29.0 Å². The molecule has 3 aromatic rings. The Labute approximate surface area is 145 Å². The van der Waals surface area contributed by atoms with Gasteiger partial charge in [0.2, 0.25) is 5.13 Å². The van der Waals surface area contributed by atoms with Crippen LogP contribution in [0.5, 0.6) is 5.75 Å². The van der Waals surface area contributed by atoms with Crippen LogP contribution in [0, 0.1) is 0 Å². The highest BCUT2D eigenvalue weighted by atomic mass is 32.1. The maximum atomic E-state index is 5.78. The lowest BCUT2D eigenvalue weighted by Gasteiger charge is -2.18. The Morgan fingerprint density at radius 3 is 2.79 bits per heavy atom. The molecule has 2 unspecified atom stereocenters. The van der Waals surface area contributed by atoms with Gasteiger partial charge in [0.15, 0.2) is 0 Å². The molecule has 24 heavy (non-hydrogen) atoms. The van der Waals surface area contributed by atoms with Gasteiger partial charge in [-0.25, -0.2) is 0 Å². The second-order valence-electron chi connectivity index (χ2n) is 6.05. The summed E-state index contributed by atoms with van der Waals surface area (Å²) in [4.78, 5) is 0. The highest BCUT2D eigenvalue weighted by Crippen LogP contribution is 2.36. The maximum absolute atomic E-state index is 5.78. The van der Waals surface area contributed by atoms with Crippen LogP contribution < -0.4 is 10.1 Å². The number of nitrogens with zero attached hydrogens (tertiary/aromatic N) is 2. The van der Waals surface area contributed by atoms with Gasteiger partial charge in [-0.15, -0.1) is 10.2 Å². The minimum Gasteiger partial charge on any atom is -0.493 e. The number of anilines is 1. The molecule has 1 aliphatic rings. The number of aromatic nitrogens is 2. The van der Waals surface area contributed by atoms with Crippen LogP contribution in [-0.2, 0) is 6.42 Å². The lowest BCUT2D eigenvalue weighted by atomic mass is 9.95. The maximum Gasteiger partial charge on any atom is 0.205 e. The van der Waals surface area contributed by atoms with Crippen LogP contribution >= 0.6 is 11.3 Å². The number of rotatable bonds is 5. The van der Waals surface area contributed by atoms with Crippen molar-refractivity contribution in [3.05, 3.63) is 70.7 Å². The Bertz CT molecular complexity index is 818. The fourth-order valence-corrected chi connectivity index (χ4v) is 3.92. The monoisotopic (exact) mass is 337 g/mol. The molecular formula is C19H19N3OS. The second kappa shape index (κ2) is 6.61. The van der Waals surface area contributed by atoms with Crippen molar-refractivity contribution in [1.82, 2.24) is 10.2 Å². The van der Waals surface area contributed by atoms with Crippen LogP contribution in [0.15, 0.2) is 54.6 Å². The number of para-hydroxylation sites is 1. The molecule has 5 heteroatoms. The second-order valence-corrected chi connectivity index (χ2v) is 7.11. The number of hydrogen-bond donors (Lipinski definition) is 1. The third-order valence-electron chi connectivity index (χ3n) is 4.36. The Morgan fingerprint density at radius 2 is 1.92 bits per heavy atom. The van der Waals surface area contributed by atoms with Crippen molar-refractivity contribution in [3.63, 3.8) is 0 Å². The molecule has 0 amide bonds. The van der Waals surface area contributed by atoms with E-state index in [1.165, 1.54) is 11.1 Å². The average Bonchev–Trinajstić information content (AvgIpc) is 3.22. The van der Waals surface area contributed by atoms with Crippen molar-refractivity contribution >= 4 is 16.5 Å². The molecule has 0 saturated heterocycles. The van der Waals surface area contributed by atoms with Crippen LogP contribution in [0.4, 0.5) is 5.13 Å². The summed E-state index contributed by atoms with van der Waals surface area (Å²) in [6, 6.07) is 18.9. The summed E-state index contributed by atoms with van der Waals surface area (Å²) in [6.07, 6.45) is 0.823. The van der Waals surface area contributed by atoms with Gasteiger partial charge in [0.25, 0.3) is 0 Å². The van der Waals surface area contributed by atoms with E-state index < -0.39 is 0 Å². The Hall–Kier alpha value is -2.40. The SMILES string of the molecule is CC(Nc1nnc(Cc2ccccc2)s1)C1COc2ccccc21. The molecule has 0 spiro atoms. The predicted octanol–water partition coefficient (Wildman–Crippen LogP) is 4.11. The molecule has 0 bridgehead atoms. The van der Waals surface area contributed by atoms with E-state index in [0.29, 0.717) is 12.5 Å². The fourth-order valence-electron chi connectivity index (χ4n) is 3.05. The first kappa shape index (κ1) is 15.1. The highest BCUT2D eigenvalue weighted by Gasteiger charge is 2.29. The van der Waals surface area contributed by atoms with Crippen LogP contribution in [0.3, 0.4) is 0 Å². The molecule has 0 aliphatic carbocycles. The molecule has 1 aromatic heterocycles. The van der Waals surface area contributed by atoms with Gasteiger partial charge in [-0.3, -0.25) is 0 Å². The van der Waals surface area contributed by atoms with Crippen molar-refractivity contribution in [2.75, 3.05) is 11.9 Å². The van der Waals surface area contributed by atoms with E-state index in [1.807, 2.05) is 18.2 Å². The number of hydrogen-bond acceptors (Lipinski definition) is 5. The van der Waals surface area contributed by atoms with E-state index in [4.69, 9.17) is 4.74 Å². The zero-order valence-electron chi connectivity index (χ0n) is 13.5. The van der Waals surface area contributed by atoms with Gasteiger partial charge in [-0.1, -0.05) is 59.9 Å². The van der Waals surface area contributed by atoms with Crippen molar-refractivity contribution in [3.8, 4) is 5.75 Å². The van der Waals surface area contributed by atoms with E-state index in [0.717, 1.165) is 22.3 Å². The summed E-state index contributed by atoms with van der Waals surface area (Å²) in [5, 5.41) is 14.0. The molecule has 2 aromatic carbocycles. The van der Waals surface area contributed by atoms with E-state index in [1.54, 1.807) is 11.3 Å². The fraction of sp³-hybridized carbons (Fsp3) is 0.263. The van der Waals surface area contributed by atoms with E-state index >= 15 is 0 Å². The molecule has 4 nitrogen and oxygen atoms in total. The van der Waals surface area contributed by atoms with Crippen molar-refractivity contribution < 1.29 is 4.74 Å². The first-order chi connectivity index (χ1) is 11.8. The lowest BCUT2D eigenvalue weighted by molar-refractivity contribution is 0.322. The van der Waals surface area contributed by atoms with Gasteiger partial charge in [0, 0.05) is 23.9 Å². The first-order valence-corrected chi connectivity index (χ1v) is 8.96. The van der Waals surface area contributed by atoms with Crippen molar-refractivity contribution in [1.29, 1.82) is 0 Å². The molecule has 0 radical (unpaired) electrons. The summed E-state index contributed by atoms with van der Waals surface area (Å²) >= 11 is 1.62. The van der Waals surface area contributed by atoms with Crippen LogP contribution in [0.25, 0.3) is 0 Å². The van der Waals surface area contributed by atoms with Gasteiger partial charge >= 0.3 is 0 Å². The number of fused-ring (bicyclic) bond motifs is 1. The number of ether oxygens (including phenoxy) is 1. The molecule has 4 rings (SSSR count). The molecule has 122 valence electrons. The molecule has 1 N–H and O–H groups in total. The zero-order valence-corrected chi connectivity index (χ0v) is 14.3. The minimum atomic E-state index is 0.242. The highest BCUT2D eigenvalue weighted by molar-refractivity contribution is 7.15. The zero-order chi connectivity index (χ0) is 16.4. The largest absolute Gasteiger partial charge is 0.493 e. The van der Waals surface area contributed by atoms with E-state index in [9.17, 15) is 0 Å². The number of nitrogens with one attached hydrogen (secondary N) is 1. The van der Waals surface area contributed by atoms with Crippen LogP contribution in [-0.4, -0.2) is 22.8 Å². The molecule has 0 fully saturated rings. The lowest BCUT2D eigenvalue weighted by Crippen LogP contribution is -2.25. The van der Waals surface area contributed by atoms with Crippen molar-refractivity contribution in [2.45, 2.75) is 25.3 Å². The predicted molar refractivity (Wildman–Crippen MR) is 96.9 cm³/mol. The quantitative estimate of drug-likeness (QED) is 0.761. The summed E-state index contributed by atoms with van der Waals surface area (Å²) in [7, 11) is 0. The van der Waals surface area contributed by atoms with Gasteiger partial charge in [0.05, 0.1) is 6.61 Å². The molecular weight excluding hydrogens is 318 g/mol. The number of benzene rings is 2. The van der Waals surface area contributed by atoms with Gasteiger partial charge < -0.3 is 10.1 Å². The average molecular weight is 337 g/mol. The standard InChI is InChI=1S/C19H19N3OS/c1-13(16-12-23-17-10-6-5-9-15(16)17)20-19-22-21-18(24-19)11-14-7-3-2-4-8-14/h2-10,13,16H,11-12H2,1H3,(H,20,22). The molecule has 2 heterocycles. The van der Waals surface area contributed by atoms with E-state index in [-0.39, 0.29) is 6.04 Å². The third-order valence-corrected chi connectivity index (χ3v) is 5.21. The van der Waals surface area contributed by atoms with Gasteiger partial charge in [-0.2, -0.15) is 0 Å². The van der Waals surface area contributed by atoms with Gasteiger partial charge in [-0.05, 0) is 18.6 Å². The topological polar surface area (TPSA) is 47.0 Å². The Balaban J connectivity index is 1.43. The molecule has 0 saturated carbocycles. The smallest absolute Gasteiger partial charge is 0.205 e. The Morgan fingerprint density at radius 1 is 1.12 bits per heavy atom. The van der Waals surface area contributed by atoms with Crippen molar-refractivity contribution in [2.24, 2.45) is 0 Å². The third kappa shape index (κ3) is 3.12. The molecule has 1 aliphatic heterocycles. The van der Waals surface area contributed by atoms with Crippen LogP contribution in [0.2, 0.25) is 0 Å². The molecule has 2 atom stereocenters. The van der Waals surface area contributed by atoms with E-state index in [2.05, 4.69) is 58.8 Å². The Kier molecular flexibility index (Phi) is 4.17. The first-order valence-electron chi connectivity index (χ1n) is 8.14.